The van der Waals surface area contributed by atoms with Crippen molar-refractivity contribution in [2.45, 2.75) is 38.0 Å². The molecule has 3 nitrogen and oxygen atoms in total. The molecule has 2 aromatic heterocycles. The third-order valence-electron chi connectivity index (χ3n) is 4.79. The van der Waals surface area contributed by atoms with Crippen molar-refractivity contribution < 1.29 is 5.11 Å². The average molecular weight is 292 g/mol. The minimum absolute atomic E-state index is 0.291. The Balaban J connectivity index is 1.79. The van der Waals surface area contributed by atoms with Crippen molar-refractivity contribution >= 4 is 11.0 Å². The zero-order valence-electron chi connectivity index (χ0n) is 12.5. The van der Waals surface area contributed by atoms with Gasteiger partial charge in [0.2, 0.25) is 0 Å². The molecule has 1 saturated carbocycles. The van der Waals surface area contributed by atoms with Gasteiger partial charge in [0.25, 0.3) is 0 Å². The van der Waals surface area contributed by atoms with E-state index in [1.165, 1.54) is 43.1 Å². The summed E-state index contributed by atoms with van der Waals surface area (Å²) in [6.07, 6.45) is 10.6. The summed E-state index contributed by atoms with van der Waals surface area (Å²) in [6, 6.07) is 9.57. The van der Waals surface area contributed by atoms with E-state index in [1.807, 2.05) is 18.3 Å². The molecule has 2 N–H and O–H groups in total. The molecule has 0 bridgehead atoms. The molecule has 0 unspecified atom stereocenters. The van der Waals surface area contributed by atoms with E-state index in [0.29, 0.717) is 11.7 Å². The van der Waals surface area contributed by atoms with Crippen molar-refractivity contribution in [1.29, 1.82) is 0 Å². The first kappa shape index (κ1) is 13.4. The Morgan fingerprint density at radius 3 is 2.73 bits per heavy atom. The molecular formula is C19H20N2O. The van der Waals surface area contributed by atoms with Crippen LogP contribution in [0.5, 0.6) is 5.75 Å². The topological polar surface area (TPSA) is 48.9 Å². The third kappa shape index (κ3) is 2.37. The fraction of sp³-hybridized carbons (Fsp3) is 0.316. The maximum absolute atomic E-state index is 9.68. The van der Waals surface area contributed by atoms with Gasteiger partial charge in [-0.05, 0) is 48.1 Å². The number of phenolic OH excluding ortho intramolecular Hbond substituents is 1. The highest BCUT2D eigenvalue weighted by molar-refractivity contribution is 5.85. The number of hydrogen-bond donors (Lipinski definition) is 2. The van der Waals surface area contributed by atoms with Crippen molar-refractivity contribution in [2.24, 2.45) is 0 Å². The lowest BCUT2D eigenvalue weighted by atomic mass is 9.84. The van der Waals surface area contributed by atoms with Crippen LogP contribution in [0.2, 0.25) is 0 Å². The molecule has 0 saturated heterocycles. The third-order valence-corrected chi connectivity index (χ3v) is 4.79. The molecule has 22 heavy (non-hydrogen) atoms. The summed E-state index contributed by atoms with van der Waals surface area (Å²) in [5, 5.41) is 10.9. The van der Waals surface area contributed by atoms with Crippen LogP contribution < -0.4 is 0 Å². The quantitative estimate of drug-likeness (QED) is 0.699. The van der Waals surface area contributed by atoms with Gasteiger partial charge >= 0.3 is 0 Å². The maximum Gasteiger partial charge on any atom is 0.137 e. The van der Waals surface area contributed by atoms with Crippen LogP contribution in [-0.4, -0.2) is 15.1 Å². The standard InChI is InChI=1S/C19H20N2O/c22-16-8-4-7-14(9-16)15-10-17-18(12-21-19(17)20-11-15)13-5-2-1-3-6-13/h4,7-13,22H,1-3,5-6H2,(H,20,21). The highest BCUT2D eigenvalue weighted by Crippen LogP contribution is 2.37. The molecule has 0 atom stereocenters. The van der Waals surface area contributed by atoms with Gasteiger partial charge < -0.3 is 10.1 Å². The predicted molar refractivity (Wildman–Crippen MR) is 89.0 cm³/mol. The van der Waals surface area contributed by atoms with Gasteiger partial charge in [-0.3, -0.25) is 0 Å². The van der Waals surface area contributed by atoms with Gasteiger partial charge in [0.15, 0.2) is 0 Å². The van der Waals surface area contributed by atoms with E-state index >= 15 is 0 Å². The SMILES string of the molecule is Oc1cccc(-c2cnc3[nH]cc(C4CCCCC4)c3c2)c1. The van der Waals surface area contributed by atoms with Crippen LogP contribution in [-0.2, 0) is 0 Å². The lowest BCUT2D eigenvalue weighted by Crippen LogP contribution is -2.03. The Kier molecular flexibility index (Phi) is 3.34. The van der Waals surface area contributed by atoms with Crippen LogP contribution in [0.4, 0.5) is 0 Å². The fourth-order valence-corrected chi connectivity index (χ4v) is 3.62. The largest absolute Gasteiger partial charge is 0.508 e. The molecule has 4 rings (SSSR count). The molecule has 112 valence electrons. The minimum atomic E-state index is 0.291. The molecule has 1 aromatic carbocycles. The van der Waals surface area contributed by atoms with Gasteiger partial charge in [-0.1, -0.05) is 31.4 Å². The van der Waals surface area contributed by atoms with Crippen LogP contribution in [0.15, 0.2) is 42.7 Å². The zero-order valence-corrected chi connectivity index (χ0v) is 12.5. The first-order valence-electron chi connectivity index (χ1n) is 8.08. The molecule has 3 aromatic rings. The minimum Gasteiger partial charge on any atom is -0.508 e. The fourth-order valence-electron chi connectivity index (χ4n) is 3.62. The van der Waals surface area contributed by atoms with Gasteiger partial charge in [0.1, 0.15) is 11.4 Å². The van der Waals surface area contributed by atoms with Crippen molar-refractivity contribution in [3.63, 3.8) is 0 Å². The molecular weight excluding hydrogens is 272 g/mol. The Morgan fingerprint density at radius 1 is 1.05 bits per heavy atom. The lowest BCUT2D eigenvalue weighted by Gasteiger charge is -2.21. The van der Waals surface area contributed by atoms with Crippen LogP contribution in [0.25, 0.3) is 22.2 Å². The van der Waals surface area contributed by atoms with E-state index in [1.54, 1.807) is 12.1 Å². The second kappa shape index (κ2) is 5.48. The van der Waals surface area contributed by atoms with Crippen LogP contribution in [0.1, 0.15) is 43.6 Å². The summed E-state index contributed by atoms with van der Waals surface area (Å²) < 4.78 is 0. The molecule has 2 heterocycles. The number of aromatic nitrogens is 2. The van der Waals surface area contributed by atoms with Crippen molar-refractivity contribution in [1.82, 2.24) is 9.97 Å². The summed E-state index contributed by atoms with van der Waals surface area (Å²) >= 11 is 0. The second-order valence-electron chi connectivity index (χ2n) is 6.25. The number of phenols is 1. The van der Waals surface area contributed by atoms with Gasteiger partial charge in [-0.2, -0.15) is 0 Å². The smallest absolute Gasteiger partial charge is 0.137 e. The van der Waals surface area contributed by atoms with Crippen LogP contribution >= 0.6 is 0 Å². The number of nitrogens with one attached hydrogen (secondary N) is 1. The van der Waals surface area contributed by atoms with Crippen molar-refractivity contribution in [2.75, 3.05) is 0 Å². The molecule has 3 heteroatoms. The Bertz CT molecular complexity index is 800. The number of rotatable bonds is 2. The molecule has 1 aliphatic carbocycles. The van der Waals surface area contributed by atoms with E-state index < -0.39 is 0 Å². The summed E-state index contributed by atoms with van der Waals surface area (Å²) in [4.78, 5) is 7.88. The molecule has 1 aliphatic rings. The average Bonchev–Trinajstić information content (AvgIpc) is 2.99. The number of pyridine rings is 1. The molecule has 0 radical (unpaired) electrons. The first-order chi connectivity index (χ1) is 10.8. The Morgan fingerprint density at radius 2 is 1.91 bits per heavy atom. The van der Waals surface area contributed by atoms with E-state index in [9.17, 15) is 5.11 Å². The molecule has 0 spiro atoms. The molecule has 1 fully saturated rings. The van der Waals surface area contributed by atoms with Gasteiger partial charge in [0.05, 0.1) is 0 Å². The van der Waals surface area contributed by atoms with E-state index in [2.05, 4.69) is 22.2 Å². The lowest BCUT2D eigenvalue weighted by molar-refractivity contribution is 0.445. The number of fused-ring (bicyclic) bond motifs is 1. The van der Waals surface area contributed by atoms with E-state index in [-0.39, 0.29) is 0 Å². The summed E-state index contributed by atoms with van der Waals surface area (Å²) in [5.41, 5.74) is 4.43. The number of hydrogen-bond acceptors (Lipinski definition) is 2. The molecule has 0 aliphatic heterocycles. The van der Waals surface area contributed by atoms with E-state index in [0.717, 1.165) is 16.8 Å². The predicted octanol–water partition coefficient (Wildman–Crippen LogP) is 4.98. The van der Waals surface area contributed by atoms with Gasteiger partial charge in [-0.15, -0.1) is 0 Å². The Labute approximate surface area is 130 Å². The maximum atomic E-state index is 9.68. The van der Waals surface area contributed by atoms with Gasteiger partial charge in [0, 0.05) is 23.3 Å². The normalized spacial score (nSPS) is 16.2. The van der Waals surface area contributed by atoms with Crippen molar-refractivity contribution in [3.8, 4) is 16.9 Å². The van der Waals surface area contributed by atoms with Crippen LogP contribution in [0, 0.1) is 0 Å². The summed E-state index contributed by atoms with van der Waals surface area (Å²) in [5.74, 6) is 0.947. The monoisotopic (exact) mass is 292 g/mol. The number of aromatic hydroxyl groups is 1. The molecule has 0 amide bonds. The zero-order chi connectivity index (χ0) is 14.9. The number of benzene rings is 1. The first-order valence-corrected chi connectivity index (χ1v) is 8.08. The second-order valence-corrected chi connectivity index (χ2v) is 6.25. The summed E-state index contributed by atoms with van der Waals surface area (Å²) in [7, 11) is 0. The van der Waals surface area contributed by atoms with E-state index in [4.69, 9.17) is 0 Å². The van der Waals surface area contributed by atoms with Crippen molar-refractivity contribution in [3.05, 3.63) is 48.3 Å². The highest BCUT2D eigenvalue weighted by Gasteiger charge is 2.19. The summed E-state index contributed by atoms with van der Waals surface area (Å²) in [6.45, 7) is 0. The highest BCUT2D eigenvalue weighted by atomic mass is 16.3. The Hall–Kier alpha value is -2.29. The number of aromatic amines is 1. The van der Waals surface area contributed by atoms with Crippen LogP contribution in [0.3, 0.4) is 0 Å². The number of H-pyrrole nitrogens is 1. The van der Waals surface area contributed by atoms with Gasteiger partial charge in [-0.25, -0.2) is 4.98 Å². The number of nitrogens with zero attached hydrogens (tertiary/aromatic N) is 1.